The van der Waals surface area contributed by atoms with Gasteiger partial charge in [-0.15, -0.1) is 10.2 Å². The van der Waals surface area contributed by atoms with Crippen LogP contribution in [0.3, 0.4) is 0 Å². The summed E-state index contributed by atoms with van der Waals surface area (Å²) in [6.07, 6.45) is 4.60. The first-order chi connectivity index (χ1) is 11.8. The topological polar surface area (TPSA) is 69.0 Å². The fraction of sp³-hybridized carbons (Fsp3) is 0.500. The normalized spacial score (nSPS) is 15.2. The number of carbonyl (C=O) groups excluding carboxylic acids is 1. The van der Waals surface area contributed by atoms with Crippen LogP contribution in [-0.2, 0) is 24.3 Å². The van der Waals surface area contributed by atoms with Crippen molar-refractivity contribution in [2.45, 2.75) is 58.2 Å². The zero-order valence-electron chi connectivity index (χ0n) is 14.1. The molecule has 1 aromatic heterocycles. The lowest BCUT2D eigenvalue weighted by molar-refractivity contribution is -0.128. The van der Waals surface area contributed by atoms with Crippen LogP contribution < -0.4 is 10.1 Å². The van der Waals surface area contributed by atoms with Gasteiger partial charge in [-0.2, -0.15) is 0 Å². The Bertz CT molecular complexity index is 669. The average molecular weight is 328 g/mol. The molecule has 1 amide bonds. The molecule has 0 aliphatic carbocycles. The lowest BCUT2D eigenvalue weighted by Gasteiger charge is -2.17. The van der Waals surface area contributed by atoms with E-state index in [9.17, 15) is 4.79 Å². The molecule has 0 spiro atoms. The summed E-state index contributed by atoms with van der Waals surface area (Å²) in [6, 6.07) is 9.42. The van der Waals surface area contributed by atoms with Gasteiger partial charge in [0.2, 0.25) is 0 Å². The van der Waals surface area contributed by atoms with Crippen LogP contribution in [0.2, 0.25) is 0 Å². The minimum absolute atomic E-state index is 0.118. The molecule has 0 fully saturated rings. The van der Waals surface area contributed by atoms with Gasteiger partial charge in [0.25, 0.3) is 5.91 Å². The third-order valence-corrected chi connectivity index (χ3v) is 4.29. The highest BCUT2D eigenvalue weighted by Gasteiger charge is 2.20. The summed E-state index contributed by atoms with van der Waals surface area (Å²) >= 11 is 0. The first-order valence-corrected chi connectivity index (χ1v) is 8.68. The van der Waals surface area contributed by atoms with E-state index in [0.717, 1.165) is 37.5 Å². The predicted molar refractivity (Wildman–Crippen MR) is 90.6 cm³/mol. The van der Waals surface area contributed by atoms with E-state index in [1.165, 1.54) is 6.42 Å². The molecule has 6 nitrogen and oxygen atoms in total. The van der Waals surface area contributed by atoms with Gasteiger partial charge >= 0.3 is 0 Å². The van der Waals surface area contributed by atoms with Gasteiger partial charge in [-0.25, -0.2) is 0 Å². The van der Waals surface area contributed by atoms with E-state index in [2.05, 4.69) is 20.1 Å². The van der Waals surface area contributed by atoms with Crippen molar-refractivity contribution in [3.63, 3.8) is 0 Å². The molecular weight excluding hydrogens is 304 g/mol. The summed E-state index contributed by atoms with van der Waals surface area (Å²) in [6.45, 7) is 3.27. The van der Waals surface area contributed by atoms with Crippen molar-refractivity contribution in [1.82, 2.24) is 20.1 Å². The van der Waals surface area contributed by atoms with Crippen molar-refractivity contribution in [2.75, 3.05) is 0 Å². The monoisotopic (exact) mass is 328 g/mol. The first-order valence-electron chi connectivity index (χ1n) is 8.68. The molecule has 0 saturated carbocycles. The number of rotatable bonds is 6. The van der Waals surface area contributed by atoms with E-state index >= 15 is 0 Å². The Hall–Kier alpha value is -2.37. The molecule has 1 aromatic carbocycles. The predicted octanol–water partition coefficient (Wildman–Crippen LogP) is 2.48. The summed E-state index contributed by atoms with van der Waals surface area (Å²) in [7, 11) is 0. The van der Waals surface area contributed by atoms with Gasteiger partial charge in [-0.05, 0) is 31.4 Å². The van der Waals surface area contributed by atoms with E-state index in [0.29, 0.717) is 18.7 Å². The number of aryl methyl sites for hydroxylation is 1. The number of aromatic nitrogens is 3. The van der Waals surface area contributed by atoms with Gasteiger partial charge in [0.1, 0.15) is 11.6 Å². The van der Waals surface area contributed by atoms with Gasteiger partial charge in [0, 0.05) is 13.0 Å². The van der Waals surface area contributed by atoms with Crippen molar-refractivity contribution in [3.8, 4) is 5.75 Å². The van der Waals surface area contributed by atoms with Gasteiger partial charge in [0.05, 0.1) is 6.54 Å². The average Bonchev–Trinajstić information content (AvgIpc) is 2.85. The number of nitrogens with one attached hydrogen (secondary N) is 1. The van der Waals surface area contributed by atoms with Crippen LogP contribution in [0.4, 0.5) is 0 Å². The summed E-state index contributed by atoms with van der Waals surface area (Å²) in [5.74, 6) is 2.45. The van der Waals surface area contributed by atoms with Crippen LogP contribution in [0.5, 0.6) is 5.75 Å². The van der Waals surface area contributed by atoms with Crippen LogP contribution in [0.25, 0.3) is 0 Å². The molecule has 128 valence electrons. The van der Waals surface area contributed by atoms with Gasteiger partial charge in [0.15, 0.2) is 11.9 Å². The Morgan fingerprint density at radius 2 is 2.08 bits per heavy atom. The summed E-state index contributed by atoms with van der Waals surface area (Å²) in [4.78, 5) is 12.4. The third-order valence-electron chi connectivity index (χ3n) is 4.29. The molecule has 1 atom stereocenters. The van der Waals surface area contributed by atoms with E-state index in [1.807, 2.05) is 37.3 Å². The number of nitrogens with zero attached hydrogens (tertiary/aromatic N) is 3. The minimum atomic E-state index is -0.501. The maximum Gasteiger partial charge on any atom is 0.261 e. The SMILES string of the molecule is CCC(Oc1ccccc1)C(=O)NCc1nnc2n1CCCCC2. The molecule has 0 bridgehead atoms. The van der Waals surface area contributed by atoms with Crippen LogP contribution in [0.1, 0.15) is 44.3 Å². The van der Waals surface area contributed by atoms with Crippen molar-refractivity contribution >= 4 is 5.91 Å². The molecule has 1 aliphatic rings. The maximum absolute atomic E-state index is 12.4. The smallest absolute Gasteiger partial charge is 0.261 e. The van der Waals surface area contributed by atoms with Crippen LogP contribution >= 0.6 is 0 Å². The highest BCUT2D eigenvalue weighted by atomic mass is 16.5. The van der Waals surface area contributed by atoms with Gasteiger partial charge < -0.3 is 14.6 Å². The number of fused-ring (bicyclic) bond motifs is 1. The quantitative estimate of drug-likeness (QED) is 0.884. The Morgan fingerprint density at radius 3 is 2.88 bits per heavy atom. The molecule has 3 rings (SSSR count). The second kappa shape index (κ2) is 7.95. The molecular formula is C18H24N4O2. The van der Waals surface area contributed by atoms with Crippen molar-refractivity contribution < 1.29 is 9.53 Å². The van der Waals surface area contributed by atoms with Gasteiger partial charge in [-0.1, -0.05) is 31.5 Å². The molecule has 2 aromatic rings. The van der Waals surface area contributed by atoms with E-state index < -0.39 is 6.10 Å². The summed E-state index contributed by atoms with van der Waals surface area (Å²) < 4.78 is 7.92. The second-order valence-electron chi connectivity index (χ2n) is 6.04. The molecule has 0 saturated heterocycles. The molecule has 1 aliphatic heterocycles. The van der Waals surface area contributed by atoms with E-state index in [4.69, 9.17) is 4.74 Å². The van der Waals surface area contributed by atoms with Crippen LogP contribution in [0, 0.1) is 0 Å². The molecule has 0 radical (unpaired) electrons. The zero-order valence-corrected chi connectivity index (χ0v) is 14.1. The second-order valence-corrected chi connectivity index (χ2v) is 6.04. The third kappa shape index (κ3) is 3.93. The first kappa shape index (κ1) is 16.5. The standard InChI is InChI=1S/C18H24N4O2/c1-2-15(24-14-9-5-3-6-10-14)18(23)19-13-17-21-20-16-11-7-4-8-12-22(16)17/h3,5-6,9-10,15H,2,4,7-8,11-13H2,1H3,(H,19,23). The maximum atomic E-state index is 12.4. The number of para-hydroxylation sites is 1. The molecule has 24 heavy (non-hydrogen) atoms. The number of ether oxygens (including phenoxy) is 1. The highest BCUT2D eigenvalue weighted by Crippen LogP contribution is 2.15. The fourth-order valence-corrected chi connectivity index (χ4v) is 2.94. The number of carbonyl (C=O) groups is 1. The van der Waals surface area contributed by atoms with E-state index in [-0.39, 0.29) is 5.91 Å². The lowest BCUT2D eigenvalue weighted by Crippen LogP contribution is -2.38. The lowest BCUT2D eigenvalue weighted by atomic mass is 10.2. The highest BCUT2D eigenvalue weighted by molar-refractivity contribution is 5.80. The Balaban J connectivity index is 1.59. The minimum Gasteiger partial charge on any atom is -0.481 e. The Labute approximate surface area is 142 Å². The van der Waals surface area contributed by atoms with Crippen molar-refractivity contribution in [3.05, 3.63) is 42.0 Å². The summed E-state index contributed by atoms with van der Waals surface area (Å²) in [5, 5.41) is 11.4. The molecule has 2 heterocycles. The van der Waals surface area contributed by atoms with Crippen molar-refractivity contribution in [2.24, 2.45) is 0 Å². The fourth-order valence-electron chi connectivity index (χ4n) is 2.94. The molecule has 6 heteroatoms. The zero-order chi connectivity index (χ0) is 16.8. The number of benzene rings is 1. The van der Waals surface area contributed by atoms with Crippen LogP contribution in [-0.4, -0.2) is 26.8 Å². The van der Waals surface area contributed by atoms with E-state index in [1.54, 1.807) is 0 Å². The number of hydrogen-bond donors (Lipinski definition) is 1. The Morgan fingerprint density at radius 1 is 1.25 bits per heavy atom. The van der Waals surface area contributed by atoms with Crippen molar-refractivity contribution in [1.29, 1.82) is 0 Å². The largest absolute Gasteiger partial charge is 0.481 e. The summed E-state index contributed by atoms with van der Waals surface area (Å²) in [5.41, 5.74) is 0. The van der Waals surface area contributed by atoms with Gasteiger partial charge in [-0.3, -0.25) is 4.79 Å². The Kier molecular flexibility index (Phi) is 5.46. The number of hydrogen-bond acceptors (Lipinski definition) is 4. The van der Waals surface area contributed by atoms with Crippen LogP contribution in [0.15, 0.2) is 30.3 Å². The number of amides is 1. The molecule has 1 unspecified atom stereocenters. The molecule has 1 N–H and O–H groups in total.